The van der Waals surface area contributed by atoms with E-state index in [0.29, 0.717) is 12.5 Å². The molecule has 0 aliphatic heterocycles. The van der Waals surface area contributed by atoms with Crippen LogP contribution in [0.15, 0.2) is 46.1 Å². The van der Waals surface area contributed by atoms with E-state index in [1.807, 2.05) is 54.9 Å². The standard InChI is InChI=1S/C20H29N3O3S/c1-5-21-19(23-14-20(3,24)16-10-11-27-13-16)22-12-15(2)26-18-8-6-17(25-4)7-9-18/h6-11,13,15,24H,5,12,14H2,1-4H3,(H2,21,22,23). The van der Waals surface area contributed by atoms with Gasteiger partial charge in [-0.3, -0.25) is 0 Å². The van der Waals surface area contributed by atoms with Crippen molar-refractivity contribution in [2.45, 2.75) is 32.5 Å². The number of hydrogen-bond acceptors (Lipinski definition) is 5. The first-order chi connectivity index (χ1) is 12.9. The molecule has 2 atom stereocenters. The quantitative estimate of drug-likeness (QED) is 0.453. The van der Waals surface area contributed by atoms with Gasteiger partial charge < -0.3 is 25.2 Å². The Kier molecular flexibility index (Phi) is 7.94. The van der Waals surface area contributed by atoms with Crippen LogP contribution in [0.3, 0.4) is 0 Å². The number of nitrogens with one attached hydrogen (secondary N) is 2. The van der Waals surface area contributed by atoms with E-state index in [9.17, 15) is 5.11 Å². The number of hydrogen-bond donors (Lipinski definition) is 3. The third-order valence-electron chi connectivity index (χ3n) is 3.99. The average Bonchev–Trinajstić information content (AvgIpc) is 3.20. The number of aliphatic imine (C=N–C) groups is 1. The van der Waals surface area contributed by atoms with Crippen molar-refractivity contribution in [2.24, 2.45) is 4.99 Å². The third-order valence-corrected chi connectivity index (χ3v) is 4.67. The third kappa shape index (κ3) is 6.77. The van der Waals surface area contributed by atoms with Crippen molar-refractivity contribution in [1.82, 2.24) is 10.6 Å². The number of methoxy groups -OCH3 is 1. The van der Waals surface area contributed by atoms with E-state index in [4.69, 9.17) is 9.47 Å². The number of nitrogens with zero attached hydrogens (tertiary/aromatic N) is 1. The Hall–Kier alpha value is -2.25. The molecule has 2 rings (SSSR count). The van der Waals surface area contributed by atoms with Gasteiger partial charge in [0.1, 0.15) is 23.2 Å². The lowest BCUT2D eigenvalue weighted by atomic mass is 10.00. The summed E-state index contributed by atoms with van der Waals surface area (Å²) in [7, 11) is 1.64. The van der Waals surface area contributed by atoms with Crippen LogP contribution in [0.4, 0.5) is 0 Å². The lowest BCUT2D eigenvalue weighted by Crippen LogP contribution is -2.42. The van der Waals surface area contributed by atoms with E-state index < -0.39 is 5.60 Å². The molecule has 7 heteroatoms. The Morgan fingerprint density at radius 3 is 2.52 bits per heavy atom. The molecule has 0 bridgehead atoms. The zero-order valence-corrected chi connectivity index (χ0v) is 17.2. The first kappa shape index (κ1) is 21.1. The zero-order chi connectivity index (χ0) is 19.7. The van der Waals surface area contributed by atoms with Crippen LogP contribution in [-0.2, 0) is 5.60 Å². The van der Waals surface area contributed by atoms with E-state index in [0.717, 1.165) is 23.6 Å². The largest absolute Gasteiger partial charge is 0.497 e. The van der Waals surface area contributed by atoms with Crippen molar-refractivity contribution in [3.05, 3.63) is 46.7 Å². The van der Waals surface area contributed by atoms with E-state index in [1.165, 1.54) is 0 Å². The fourth-order valence-corrected chi connectivity index (χ4v) is 3.19. The maximum Gasteiger partial charge on any atom is 0.191 e. The summed E-state index contributed by atoms with van der Waals surface area (Å²) in [6.07, 6.45) is -0.0559. The molecule has 0 spiro atoms. The molecule has 148 valence electrons. The van der Waals surface area contributed by atoms with Crippen LogP contribution >= 0.6 is 11.3 Å². The summed E-state index contributed by atoms with van der Waals surface area (Å²) in [6.45, 7) is 7.36. The average molecular weight is 392 g/mol. The highest BCUT2D eigenvalue weighted by molar-refractivity contribution is 7.08. The summed E-state index contributed by atoms with van der Waals surface area (Å²) in [4.78, 5) is 4.52. The molecule has 0 amide bonds. The molecule has 1 aromatic heterocycles. The van der Waals surface area contributed by atoms with Crippen LogP contribution < -0.4 is 20.1 Å². The lowest BCUT2D eigenvalue weighted by molar-refractivity contribution is 0.0677. The molecule has 0 aliphatic carbocycles. The highest BCUT2D eigenvalue weighted by Gasteiger charge is 2.23. The van der Waals surface area contributed by atoms with Gasteiger partial charge in [0.05, 0.1) is 20.2 Å². The fourth-order valence-electron chi connectivity index (χ4n) is 2.41. The smallest absolute Gasteiger partial charge is 0.191 e. The zero-order valence-electron chi connectivity index (χ0n) is 16.4. The molecule has 3 N–H and O–H groups in total. The van der Waals surface area contributed by atoms with Gasteiger partial charge >= 0.3 is 0 Å². The maximum atomic E-state index is 10.6. The molecule has 0 saturated heterocycles. The van der Waals surface area contributed by atoms with E-state index in [-0.39, 0.29) is 12.6 Å². The minimum Gasteiger partial charge on any atom is -0.497 e. The fraction of sp³-hybridized carbons (Fsp3) is 0.450. The lowest BCUT2D eigenvalue weighted by Gasteiger charge is -2.22. The summed E-state index contributed by atoms with van der Waals surface area (Å²) >= 11 is 1.56. The molecular weight excluding hydrogens is 362 g/mol. The Balaban J connectivity index is 1.88. The monoisotopic (exact) mass is 391 g/mol. The first-order valence-corrected chi connectivity index (χ1v) is 9.97. The van der Waals surface area contributed by atoms with Crippen LogP contribution in [0.2, 0.25) is 0 Å². The minimum absolute atomic E-state index is 0.0559. The summed E-state index contributed by atoms with van der Waals surface area (Å²) in [6, 6.07) is 9.42. The number of aliphatic hydroxyl groups is 1. The topological polar surface area (TPSA) is 75.1 Å². The normalized spacial score (nSPS) is 14.9. The second kappa shape index (κ2) is 10.2. The van der Waals surface area contributed by atoms with Crippen LogP contribution in [0.25, 0.3) is 0 Å². The molecule has 0 radical (unpaired) electrons. The maximum absolute atomic E-state index is 10.6. The SMILES string of the molecule is CCNC(=NCC(C)(O)c1ccsc1)NCC(C)Oc1ccc(OC)cc1. The van der Waals surface area contributed by atoms with Crippen molar-refractivity contribution < 1.29 is 14.6 Å². The van der Waals surface area contributed by atoms with Gasteiger partial charge in [-0.15, -0.1) is 0 Å². The predicted molar refractivity (Wildman–Crippen MR) is 111 cm³/mol. The van der Waals surface area contributed by atoms with Crippen molar-refractivity contribution in [2.75, 3.05) is 26.7 Å². The van der Waals surface area contributed by atoms with Gasteiger partial charge in [0, 0.05) is 6.54 Å². The molecule has 6 nitrogen and oxygen atoms in total. The van der Waals surface area contributed by atoms with E-state index in [2.05, 4.69) is 15.6 Å². The molecule has 27 heavy (non-hydrogen) atoms. The van der Waals surface area contributed by atoms with Gasteiger partial charge in [-0.25, -0.2) is 4.99 Å². The number of rotatable bonds is 9. The van der Waals surface area contributed by atoms with Gasteiger partial charge in [0.2, 0.25) is 0 Å². The molecule has 0 aliphatic rings. The Labute approximate surface area is 165 Å². The van der Waals surface area contributed by atoms with Crippen molar-refractivity contribution in [3.8, 4) is 11.5 Å². The Morgan fingerprint density at radius 1 is 1.22 bits per heavy atom. The second-order valence-corrected chi connectivity index (χ2v) is 7.25. The second-order valence-electron chi connectivity index (χ2n) is 6.47. The van der Waals surface area contributed by atoms with Crippen molar-refractivity contribution in [1.29, 1.82) is 0 Å². The molecule has 0 saturated carbocycles. The predicted octanol–water partition coefficient (Wildman–Crippen LogP) is 2.99. The molecular formula is C20H29N3O3S. The number of ether oxygens (including phenoxy) is 2. The molecule has 1 heterocycles. The summed E-state index contributed by atoms with van der Waals surface area (Å²) in [5.74, 6) is 2.23. The highest BCUT2D eigenvalue weighted by atomic mass is 32.1. The molecule has 2 aromatic rings. The van der Waals surface area contributed by atoms with Crippen molar-refractivity contribution >= 4 is 17.3 Å². The molecule has 2 unspecified atom stereocenters. The molecule has 0 fully saturated rings. The van der Waals surface area contributed by atoms with Crippen LogP contribution in [0.5, 0.6) is 11.5 Å². The Morgan fingerprint density at radius 2 is 1.93 bits per heavy atom. The molecule has 1 aromatic carbocycles. The van der Waals surface area contributed by atoms with Crippen LogP contribution in [0, 0.1) is 0 Å². The number of guanidine groups is 1. The van der Waals surface area contributed by atoms with Crippen LogP contribution in [-0.4, -0.2) is 43.9 Å². The van der Waals surface area contributed by atoms with Crippen molar-refractivity contribution in [3.63, 3.8) is 0 Å². The summed E-state index contributed by atoms with van der Waals surface area (Å²) < 4.78 is 11.0. The van der Waals surface area contributed by atoms with Gasteiger partial charge in [-0.2, -0.15) is 11.3 Å². The Bertz CT molecular complexity index is 700. The number of thiophene rings is 1. The van der Waals surface area contributed by atoms with Gasteiger partial charge in [-0.1, -0.05) is 0 Å². The van der Waals surface area contributed by atoms with Gasteiger partial charge in [0.15, 0.2) is 5.96 Å². The van der Waals surface area contributed by atoms with E-state index >= 15 is 0 Å². The van der Waals surface area contributed by atoms with Gasteiger partial charge in [-0.05, 0) is 67.4 Å². The summed E-state index contributed by atoms with van der Waals surface area (Å²) in [5.41, 5.74) is -0.114. The van der Waals surface area contributed by atoms with Gasteiger partial charge in [0.25, 0.3) is 0 Å². The van der Waals surface area contributed by atoms with E-state index in [1.54, 1.807) is 25.4 Å². The minimum atomic E-state index is -0.992. The van der Waals surface area contributed by atoms with Crippen LogP contribution in [0.1, 0.15) is 26.3 Å². The highest BCUT2D eigenvalue weighted by Crippen LogP contribution is 2.23. The summed E-state index contributed by atoms with van der Waals surface area (Å²) in [5, 5.41) is 21.0. The first-order valence-electron chi connectivity index (χ1n) is 9.02. The number of benzene rings is 1.